The molecule has 0 bridgehead atoms. The van der Waals surface area contributed by atoms with Crippen molar-refractivity contribution in [2.24, 2.45) is 0 Å². The Labute approximate surface area is 164 Å². The van der Waals surface area contributed by atoms with Gasteiger partial charge in [-0.25, -0.2) is 9.78 Å². The number of aromatic nitrogens is 2. The predicted molar refractivity (Wildman–Crippen MR) is 104 cm³/mol. The van der Waals surface area contributed by atoms with Crippen LogP contribution in [0.1, 0.15) is 56.6 Å². The van der Waals surface area contributed by atoms with E-state index in [0.29, 0.717) is 29.6 Å². The molecular formula is C20H27ClN2O4. The highest BCUT2D eigenvalue weighted by Gasteiger charge is 2.18. The molecule has 0 radical (unpaired) electrons. The number of unbranched alkanes of at least 4 members (excludes halogenated alkanes) is 1. The fraction of sp³-hybridized carbons (Fsp3) is 0.500. The maximum atomic E-state index is 11.2. The number of aryl methyl sites for hydroxylation is 1. The quantitative estimate of drug-likeness (QED) is 0.600. The Morgan fingerprint density at radius 3 is 2.52 bits per heavy atom. The van der Waals surface area contributed by atoms with Crippen molar-refractivity contribution in [1.82, 2.24) is 9.55 Å². The van der Waals surface area contributed by atoms with Crippen LogP contribution in [0.5, 0.6) is 5.75 Å². The maximum Gasteiger partial charge on any atom is 0.344 e. The number of aliphatic hydroxyl groups is 1. The SMILES string of the molecule is CCCCc1nc(Cl)c(CO)n1Cc1ccc(OC(CCC)C(=O)O)cc1. The third-order valence-electron chi connectivity index (χ3n) is 4.38. The summed E-state index contributed by atoms with van der Waals surface area (Å²) in [6, 6.07) is 7.31. The summed E-state index contributed by atoms with van der Waals surface area (Å²) in [5.41, 5.74) is 1.60. The van der Waals surface area contributed by atoms with E-state index in [9.17, 15) is 15.0 Å². The van der Waals surface area contributed by atoms with Crippen LogP contribution in [0.25, 0.3) is 0 Å². The molecule has 2 rings (SSSR count). The first-order valence-corrected chi connectivity index (χ1v) is 9.70. The number of imidazole rings is 1. The monoisotopic (exact) mass is 394 g/mol. The van der Waals surface area contributed by atoms with E-state index in [-0.39, 0.29) is 6.61 Å². The molecule has 0 fully saturated rings. The van der Waals surface area contributed by atoms with Crippen molar-refractivity contribution in [2.75, 3.05) is 0 Å². The van der Waals surface area contributed by atoms with Gasteiger partial charge in [0.05, 0.1) is 12.3 Å². The van der Waals surface area contributed by atoms with Gasteiger partial charge >= 0.3 is 5.97 Å². The van der Waals surface area contributed by atoms with Crippen LogP contribution in [0.4, 0.5) is 0 Å². The number of rotatable bonds is 11. The highest BCUT2D eigenvalue weighted by molar-refractivity contribution is 6.30. The van der Waals surface area contributed by atoms with E-state index in [1.165, 1.54) is 0 Å². The van der Waals surface area contributed by atoms with Gasteiger partial charge in [0, 0.05) is 13.0 Å². The number of benzene rings is 1. The number of carbonyl (C=O) groups is 1. The van der Waals surface area contributed by atoms with Crippen LogP contribution in [0.15, 0.2) is 24.3 Å². The Hall–Kier alpha value is -2.05. The molecule has 1 atom stereocenters. The zero-order chi connectivity index (χ0) is 19.8. The Morgan fingerprint density at radius 1 is 1.26 bits per heavy atom. The Morgan fingerprint density at radius 2 is 1.96 bits per heavy atom. The number of hydrogen-bond donors (Lipinski definition) is 2. The number of hydrogen-bond acceptors (Lipinski definition) is 4. The third-order valence-corrected chi connectivity index (χ3v) is 4.68. The molecule has 0 spiro atoms. The number of halogens is 1. The second-order valence-electron chi connectivity index (χ2n) is 6.49. The van der Waals surface area contributed by atoms with Crippen LogP contribution in [-0.2, 0) is 24.4 Å². The van der Waals surface area contributed by atoms with Crippen molar-refractivity contribution in [1.29, 1.82) is 0 Å². The highest BCUT2D eigenvalue weighted by Crippen LogP contribution is 2.22. The second kappa shape index (κ2) is 10.3. The number of carboxylic acid groups (broad SMARTS) is 1. The Balaban J connectivity index is 2.15. The summed E-state index contributed by atoms with van der Waals surface area (Å²) in [5.74, 6) is 0.430. The number of aliphatic hydroxyl groups excluding tert-OH is 1. The van der Waals surface area contributed by atoms with Crippen molar-refractivity contribution in [3.05, 3.63) is 46.5 Å². The second-order valence-corrected chi connectivity index (χ2v) is 6.85. The number of carboxylic acids is 1. The minimum Gasteiger partial charge on any atom is -0.479 e. The smallest absolute Gasteiger partial charge is 0.344 e. The molecule has 0 aliphatic heterocycles. The standard InChI is InChI=1S/C20H27ClN2O4/c1-3-5-7-18-22-19(21)16(13-24)23(18)12-14-8-10-15(11-9-14)27-17(6-4-2)20(25)26/h8-11,17,24H,3-7,12-13H2,1-2H3,(H,25,26). The van der Waals surface area contributed by atoms with Gasteiger partial charge in [-0.05, 0) is 30.5 Å². The first-order chi connectivity index (χ1) is 13.0. The fourth-order valence-corrected chi connectivity index (χ4v) is 3.14. The lowest BCUT2D eigenvalue weighted by atomic mass is 10.2. The summed E-state index contributed by atoms with van der Waals surface area (Å²) in [6.07, 6.45) is 3.21. The van der Waals surface area contributed by atoms with Gasteiger partial charge < -0.3 is 19.5 Å². The molecule has 0 aliphatic rings. The lowest BCUT2D eigenvalue weighted by Gasteiger charge is -2.15. The van der Waals surface area contributed by atoms with Crippen molar-refractivity contribution in [3.8, 4) is 5.75 Å². The van der Waals surface area contributed by atoms with Crippen LogP contribution < -0.4 is 4.74 Å². The summed E-state index contributed by atoms with van der Waals surface area (Å²) in [4.78, 5) is 15.6. The molecule has 0 saturated carbocycles. The highest BCUT2D eigenvalue weighted by atomic mass is 35.5. The molecule has 6 nitrogen and oxygen atoms in total. The zero-order valence-corrected chi connectivity index (χ0v) is 16.6. The van der Waals surface area contributed by atoms with Gasteiger partial charge in [0.1, 0.15) is 11.6 Å². The maximum absolute atomic E-state index is 11.2. The molecule has 2 N–H and O–H groups in total. The summed E-state index contributed by atoms with van der Waals surface area (Å²) >= 11 is 6.17. The van der Waals surface area contributed by atoms with Crippen LogP contribution in [0, 0.1) is 0 Å². The molecule has 0 amide bonds. The molecule has 0 saturated heterocycles. The van der Waals surface area contributed by atoms with Gasteiger partial charge in [0.25, 0.3) is 0 Å². The molecule has 1 heterocycles. The molecule has 1 aromatic carbocycles. The zero-order valence-electron chi connectivity index (χ0n) is 15.8. The van der Waals surface area contributed by atoms with Crippen LogP contribution in [0.3, 0.4) is 0 Å². The predicted octanol–water partition coefficient (Wildman–Crippen LogP) is 4.05. The molecule has 1 unspecified atom stereocenters. The largest absolute Gasteiger partial charge is 0.479 e. The van der Waals surface area contributed by atoms with Gasteiger partial charge in [-0.3, -0.25) is 0 Å². The first-order valence-electron chi connectivity index (χ1n) is 9.33. The van der Waals surface area contributed by atoms with Gasteiger partial charge in [-0.1, -0.05) is 50.4 Å². The van der Waals surface area contributed by atoms with Crippen LogP contribution in [0.2, 0.25) is 5.15 Å². The van der Waals surface area contributed by atoms with Crippen molar-refractivity contribution in [2.45, 2.75) is 65.2 Å². The van der Waals surface area contributed by atoms with E-state index in [2.05, 4.69) is 11.9 Å². The van der Waals surface area contributed by atoms with Crippen LogP contribution in [-0.4, -0.2) is 31.8 Å². The van der Waals surface area contributed by atoms with E-state index in [1.54, 1.807) is 12.1 Å². The van der Waals surface area contributed by atoms with E-state index >= 15 is 0 Å². The van der Waals surface area contributed by atoms with Gasteiger partial charge in [-0.2, -0.15) is 0 Å². The van der Waals surface area contributed by atoms with E-state index < -0.39 is 12.1 Å². The number of aliphatic carboxylic acids is 1. The first kappa shape index (κ1) is 21.3. The third kappa shape index (κ3) is 5.71. The van der Waals surface area contributed by atoms with E-state index in [4.69, 9.17) is 16.3 Å². The molecule has 1 aromatic heterocycles. The molecule has 148 valence electrons. The molecular weight excluding hydrogens is 368 g/mol. The lowest BCUT2D eigenvalue weighted by Crippen LogP contribution is -2.26. The molecule has 27 heavy (non-hydrogen) atoms. The van der Waals surface area contributed by atoms with E-state index in [1.807, 2.05) is 23.6 Å². The summed E-state index contributed by atoms with van der Waals surface area (Å²) in [7, 11) is 0. The lowest BCUT2D eigenvalue weighted by molar-refractivity contribution is -0.145. The summed E-state index contributed by atoms with van der Waals surface area (Å²) in [6.45, 7) is 4.40. The van der Waals surface area contributed by atoms with E-state index in [0.717, 1.165) is 37.1 Å². The topological polar surface area (TPSA) is 84.6 Å². The average molecular weight is 395 g/mol. The molecule has 7 heteroatoms. The van der Waals surface area contributed by atoms with Crippen molar-refractivity contribution in [3.63, 3.8) is 0 Å². The summed E-state index contributed by atoms with van der Waals surface area (Å²) in [5, 5.41) is 19.2. The van der Waals surface area contributed by atoms with Crippen LogP contribution >= 0.6 is 11.6 Å². The Bertz CT molecular complexity index is 743. The minimum atomic E-state index is -0.956. The summed E-state index contributed by atoms with van der Waals surface area (Å²) < 4.78 is 7.52. The average Bonchev–Trinajstić information content (AvgIpc) is 2.95. The van der Waals surface area contributed by atoms with Gasteiger partial charge in [0.2, 0.25) is 0 Å². The number of nitrogens with zero attached hydrogens (tertiary/aromatic N) is 2. The van der Waals surface area contributed by atoms with Crippen molar-refractivity contribution < 1.29 is 19.7 Å². The minimum absolute atomic E-state index is 0.170. The van der Waals surface area contributed by atoms with Gasteiger partial charge in [-0.15, -0.1) is 0 Å². The normalized spacial score (nSPS) is 12.1. The molecule has 2 aromatic rings. The van der Waals surface area contributed by atoms with Gasteiger partial charge in [0.15, 0.2) is 11.3 Å². The molecule has 0 aliphatic carbocycles. The fourth-order valence-electron chi connectivity index (χ4n) is 2.88. The van der Waals surface area contributed by atoms with Crippen molar-refractivity contribution >= 4 is 17.6 Å². The Kier molecular flexibility index (Phi) is 8.13. The number of ether oxygens (including phenoxy) is 1.